The number of ether oxygens (including phenoxy) is 1. The molecule has 0 unspecified atom stereocenters. The summed E-state index contributed by atoms with van der Waals surface area (Å²) in [5.74, 6) is 0.442. The Morgan fingerprint density at radius 3 is 2.24 bits per heavy atom. The minimum absolute atomic E-state index is 0.141. The number of benzene rings is 2. The van der Waals surface area contributed by atoms with E-state index in [9.17, 15) is 9.59 Å². The van der Waals surface area contributed by atoms with Gasteiger partial charge in [-0.3, -0.25) is 9.59 Å². The molecule has 2 amide bonds. The standard InChI is InChI=1S/C20H24N2O3/c1-15(20(24)21-13-17-7-5-4-6-8-17)22(16(2)23)14-18-9-11-19(25-3)12-10-18/h4-12,15H,13-14H2,1-3H3,(H,21,24)/t15-/m1/s1. The third-order valence-corrected chi connectivity index (χ3v) is 4.07. The summed E-state index contributed by atoms with van der Waals surface area (Å²) in [6.45, 7) is 4.04. The second-order valence-corrected chi connectivity index (χ2v) is 5.87. The number of methoxy groups -OCH3 is 1. The average molecular weight is 340 g/mol. The third kappa shape index (κ3) is 5.35. The molecule has 25 heavy (non-hydrogen) atoms. The normalized spacial score (nSPS) is 11.5. The second-order valence-electron chi connectivity index (χ2n) is 5.87. The zero-order valence-electron chi connectivity index (χ0n) is 14.9. The van der Waals surface area contributed by atoms with Crippen LogP contribution >= 0.6 is 0 Å². The molecule has 2 aromatic carbocycles. The highest BCUT2D eigenvalue weighted by Crippen LogP contribution is 2.15. The van der Waals surface area contributed by atoms with Gasteiger partial charge in [0.1, 0.15) is 11.8 Å². The predicted octanol–water partition coefficient (Wildman–Crippen LogP) is 2.75. The van der Waals surface area contributed by atoms with Crippen LogP contribution in [-0.4, -0.2) is 29.9 Å². The van der Waals surface area contributed by atoms with E-state index in [1.54, 1.807) is 18.9 Å². The summed E-state index contributed by atoms with van der Waals surface area (Å²) in [6.07, 6.45) is 0. The number of carbonyl (C=O) groups excluding carboxylic acids is 2. The molecule has 0 saturated heterocycles. The number of hydrogen-bond acceptors (Lipinski definition) is 3. The summed E-state index contributed by atoms with van der Waals surface area (Å²) in [4.78, 5) is 26.0. The van der Waals surface area contributed by atoms with Gasteiger partial charge in [0, 0.05) is 20.0 Å². The van der Waals surface area contributed by atoms with Crippen molar-refractivity contribution in [2.75, 3.05) is 7.11 Å². The van der Waals surface area contributed by atoms with Crippen LogP contribution in [-0.2, 0) is 22.7 Å². The third-order valence-electron chi connectivity index (χ3n) is 4.07. The lowest BCUT2D eigenvalue weighted by molar-refractivity contribution is -0.139. The molecule has 0 aromatic heterocycles. The van der Waals surface area contributed by atoms with Crippen LogP contribution in [0.2, 0.25) is 0 Å². The van der Waals surface area contributed by atoms with Crippen molar-refractivity contribution >= 4 is 11.8 Å². The van der Waals surface area contributed by atoms with Crippen LogP contribution in [0.5, 0.6) is 5.75 Å². The minimum atomic E-state index is -0.552. The number of carbonyl (C=O) groups is 2. The van der Waals surface area contributed by atoms with Crippen LogP contribution in [0, 0.1) is 0 Å². The number of nitrogens with zero attached hydrogens (tertiary/aromatic N) is 1. The van der Waals surface area contributed by atoms with Crippen molar-refractivity contribution in [3.05, 3.63) is 65.7 Å². The van der Waals surface area contributed by atoms with E-state index in [-0.39, 0.29) is 11.8 Å². The Bertz CT molecular complexity index is 699. The van der Waals surface area contributed by atoms with Crippen LogP contribution in [0.3, 0.4) is 0 Å². The average Bonchev–Trinajstić information content (AvgIpc) is 2.64. The van der Waals surface area contributed by atoms with Crippen molar-refractivity contribution < 1.29 is 14.3 Å². The number of rotatable bonds is 7. The van der Waals surface area contributed by atoms with E-state index < -0.39 is 6.04 Å². The van der Waals surface area contributed by atoms with Crippen molar-refractivity contribution in [3.63, 3.8) is 0 Å². The van der Waals surface area contributed by atoms with E-state index in [0.717, 1.165) is 16.9 Å². The Morgan fingerprint density at radius 1 is 1.04 bits per heavy atom. The molecule has 5 heteroatoms. The van der Waals surface area contributed by atoms with Crippen LogP contribution in [0.15, 0.2) is 54.6 Å². The maximum Gasteiger partial charge on any atom is 0.242 e. The maximum atomic E-state index is 12.4. The highest BCUT2D eigenvalue weighted by Gasteiger charge is 2.23. The van der Waals surface area contributed by atoms with Gasteiger partial charge in [-0.1, -0.05) is 42.5 Å². The van der Waals surface area contributed by atoms with Crippen LogP contribution < -0.4 is 10.1 Å². The van der Waals surface area contributed by atoms with Gasteiger partial charge >= 0.3 is 0 Å². The van der Waals surface area contributed by atoms with E-state index in [4.69, 9.17) is 4.74 Å². The van der Waals surface area contributed by atoms with Crippen LogP contribution in [0.4, 0.5) is 0 Å². The Labute approximate surface area is 148 Å². The topological polar surface area (TPSA) is 58.6 Å². The van der Waals surface area contributed by atoms with E-state index in [2.05, 4.69) is 5.32 Å². The lowest BCUT2D eigenvalue weighted by Gasteiger charge is -2.27. The first-order chi connectivity index (χ1) is 12.0. The van der Waals surface area contributed by atoms with Crippen molar-refractivity contribution in [1.29, 1.82) is 0 Å². The van der Waals surface area contributed by atoms with E-state index in [0.29, 0.717) is 13.1 Å². The van der Waals surface area contributed by atoms with Crippen molar-refractivity contribution in [3.8, 4) is 5.75 Å². The van der Waals surface area contributed by atoms with Gasteiger partial charge in [-0.2, -0.15) is 0 Å². The van der Waals surface area contributed by atoms with Gasteiger partial charge in [0.2, 0.25) is 11.8 Å². The molecular weight excluding hydrogens is 316 g/mol. The Morgan fingerprint density at radius 2 is 1.68 bits per heavy atom. The first-order valence-corrected chi connectivity index (χ1v) is 8.23. The fourth-order valence-corrected chi connectivity index (χ4v) is 2.52. The fraction of sp³-hybridized carbons (Fsp3) is 0.300. The zero-order valence-corrected chi connectivity index (χ0v) is 14.9. The monoisotopic (exact) mass is 340 g/mol. The van der Waals surface area contributed by atoms with E-state index in [1.807, 2.05) is 54.6 Å². The van der Waals surface area contributed by atoms with Gasteiger partial charge < -0.3 is 15.0 Å². The summed E-state index contributed by atoms with van der Waals surface area (Å²) in [6, 6.07) is 16.6. The molecule has 1 N–H and O–H groups in total. The lowest BCUT2D eigenvalue weighted by Crippen LogP contribution is -2.46. The largest absolute Gasteiger partial charge is 0.497 e. The fourth-order valence-electron chi connectivity index (χ4n) is 2.52. The molecule has 132 valence electrons. The molecule has 0 radical (unpaired) electrons. The highest BCUT2D eigenvalue weighted by atomic mass is 16.5. The lowest BCUT2D eigenvalue weighted by atomic mass is 10.1. The van der Waals surface area contributed by atoms with Gasteiger partial charge in [0.05, 0.1) is 7.11 Å². The van der Waals surface area contributed by atoms with Gasteiger partial charge in [0.15, 0.2) is 0 Å². The molecule has 0 saturated carbocycles. The van der Waals surface area contributed by atoms with Crippen LogP contribution in [0.1, 0.15) is 25.0 Å². The predicted molar refractivity (Wildman–Crippen MR) is 97.0 cm³/mol. The number of amides is 2. The molecule has 0 spiro atoms. The molecule has 0 aliphatic rings. The van der Waals surface area contributed by atoms with Crippen LogP contribution in [0.25, 0.3) is 0 Å². The summed E-state index contributed by atoms with van der Waals surface area (Å²) >= 11 is 0. The van der Waals surface area contributed by atoms with E-state index in [1.165, 1.54) is 6.92 Å². The summed E-state index contributed by atoms with van der Waals surface area (Å²) in [5, 5.41) is 2.89. The minimum Gasteiger partial charge on any atom is -0.497 e. The molecule has 0 heterocycles. The quantitative estimate of drug-likeness (QED) is 0.843. The summed E-state index contributed by atoms with van der Waals surface area (Å²) in [7, 11) is 1.61. The smallest absolute Gasteiger partial charge is 0.242 e. The van der Waals surface area contributed by atoms with Crippen molar-refractivity contribution in [2.24, 2.45) is 0 Å². The Balaban J connectivity index is 1.99. The number of hydrogen-bond donors (Lipinski definition) is 1. The van der Waals surface area contributed by atoms with Gasteiger partial charge in [-0.15, -0.1) is 0 Å². The summed E-state index contributed by atoms with van der Waals surface area (Å²) < 4.78 is 5.14. The molecule has 2 rings (SSSR count). The molecule has 0 aliphatic heterocycles. The first-order valence-electron chi connectivity index (χ1n) is 8.23. The Kier molecular flexibility index (Phi) is 6.57. The van der Waals surface area contributed by atoms with E-state index >= 15 is 0 Å². The molecule has 0 aliphatic carbocycles. The molecular formula is C20H24N2O3. The Hall–Kier alpha value is -2.82. The van der Waals surface area contributed by atoms with Gasteiger partial charge in [-0.25, -0.2) is 0 Å². The SMILES string of the molecule is COc1ccc(CN(C(C)=O)[C@H](C)C(=O)NCc2ccccc2)cc1. The van der Waals surface area contributed by atoms with Crippen molar-refractivity contribution in [2.45, 2.75) is 33.0 Å². The molecule has 0 fully saturated rings. The maximum absolute atomic E-state index is 12.4. The van der Waals surface area contributed by atoms with Gasteiger partial charge in [0.25, 0.3) is 0 Å². The second kappa shape index (κ2) is 8.87. The highest BCUT2D eigenvalue weighted by molar-refractivity contribution is 5.86. The molecule has 1 atom stereocenters. The summed E-state index contributed by atoms with van der Waals surface area (Å²) in [5.41, 5.74) is 1.96. The van der Waals surface area contributed by atoms with Crippen molar-refractivity contribution in [1.82, 2.24) is 10.2 Å². The molecule has 2 aromatic rings. The zero-order chi connectivity index (χ0) is 18.2. The first kappa shape index (κ1) is 18.5. The molecule has 5 nitrogen and oxygen atoms in total. The van der Waals surface area contributed by atoms with Gasteiger partial charge in [-0.05, 0) is 30.2 Å². The number of nitrogens with one attached hydrogen (secondary N) is 1. The molecule has 0 bridgehead atoms.